The maximum atomic E-state index is 11.6. The Bertz CT molecular complexity index is 492. The van der Waals surface area contributed by atoms with Gasteiger partial charge in [0.05, 0.1) is 11.3 Å². The molecule has 1 fully saturated rings. The highest BCUT2D eigenvalue weighted by molar-refractivity contribution is 5.86. The number of piperazine rings is 1. The second-order valence-corrected chi connectivity index (χ2v) is 4.05. The number of carbonyl (C=O) groups is 1. The van der Waals surface area contributed by atoms with Crippen LogP contribution in [0.1, 0.15) is 12.5 Å². The van der Waals surface area contributed by atoms with Gasteiger partial charge in [0.1, 0.15) is 12.1 Å². The first-order chi connectivity index (χ1) is 8.13. The standard InChI is InChI=1S/C12H14N4O/c1-8-12(17)15-4-5-16(8)11-3-2-10(14)6-9(11)7-13/h2-3,6,8H,4-5,14H2,1H3,(H,15,17). The topological polar surface area (TPSA) is 82.2 Å². The van der Waals surface area contributed by atoms with Crippen molar-refractivity contribution in [1.82, 2.24) is 5.32 Å². The predicted octanol–water partition coefficient (Wildman–Crippen LogP) is 0.465. The van der Waals surface area contributed by atoms with E-state index < -0.39 is 0 Å². The zero-order valence-electron chi connectivity index (χ0n) is 9.60. The fourth-order valence-corrected chi connectivity index (χ4v) is 2.01. The van der Waals surface area contributed by atoms with Crippen molar-refractivity contribution in [3.63, 3.8) is 0 Å². The molecule has 0 radical (unpaired) electrons. The van der Waals surface area contributed by atoms with Crippen molar-refractivity contribution in [2.75, 3.05) is 23.7 Å². The van der Waals surface area contributed by atoms with E-state index in [4.69, 9.17) is 11.0 Å². The molecule has 0 aliphatic carbocycles. The number of rotatable bonds is 1. The van der Waals surface area contributed by atoms with Gasteiger partial charge in [0.25, 0.3) is 0 Å². The average Bonchev–Trinajstić information content (AvgIpc) is 2.33. The molecule has 1 unspecified atom stereocenters. The molecule has 0 aromatic heterocycles. The maximum Gasteiger partial charge on any atom is 0.242 e. The largest absolute Gasteiger partial charge is 0.399 e. The van der Waals surface area contributed by atoms with Crippen molar-refractivity contribution in [2.45, 2.75) is 13.0 Å². The Hall–Kier alpha value is -2.22. The number of nitrogens with one attached hydrogen (secondary N) is 1. The number of nitrogens with zero attached hydrogens (tertiary/aromatic N) is 2. The molecular formula is C12H14N4O. The molecular weight excluding hydrogens is 216 g/mol. The van der Waals surface area contributed by atoms with Crippen molar-refractivity contribution in [1.29, 1.82) is 5.26 Å². The molecule has 3 N–H and O–H groups in total. The summed E-state index contributed by atoms with van der Waals surface area (Å²) in [7, 11) is 0. The van der Waals surface area contributed by atoms with Crippen molar-refractivity contribution in [2.24, 2.45) is 0 Å². The zero-order chi connectivity index (χ0) is 12.4. The van der Waals surface area contributed by atoms with E-state index in [0.29, 0.717) is 24.3 Å². The Morgan fingerprint density at radius 1 is 1.59 bits per heavy atom. The van der Waals surface area contributed by atoms with E-state index in [-0.39, 0.29) is 11.9 Å². The minimum atomic E-state index is -0.264. The molecule has 1 aliphatic rings. The summed E-state index contributed by atoms with van der Waals surface area (Å²) < 4.78 is 0. The number of carbonyl (C=O) groups excluding carboxylic acids is 1. The van der Waals surface area contributed by atoms with Crippen LogP contribution in [-0.2, 0) is 4.79 Å². The van der Waals surface area contributed by atoms with Crippen molar-refractivity contribution >= 4 is 17.3 Å². The van der Waals surface area contributed by atoms with Crippen LogP contribution in [0.3, 0.4) is 0 Å². The molecule has 2 rings (SSSR count). The fraction of sp³-hybridized carbons (Fsp3) is 0.333. The van der Waals surface area contributed by atoms with Gasteiger partial charge in [-0.1, -0.05) is 0 Å². The summed E-state index contributed by atoms with van der Waals surface area (Å²) in [6.07, 6.45) is 0. The summed E-state index contributed by atoms with van der Waals surface area (Å²) in [6.45, 7) is 3.12. The molecule has 88 valence electrons. The third kappa shape index (κ3) is 2.02. The van der Waals surface area contributed by atoms with Crippen molar-refractivity contribution < 1.29 is 4.79 Å². The van der Waals surface area contributed by atoms with Gasteiger partial charge in [0, 0.05) is 18.8 Å². The first-order valence-corrected chi connectivity index (χ1v) is 5.47. The third-order valence-electron chi connectivity index (χ3n) is 2.95. The summed E-state index contributed by atoms with van der Waals surface area (Å²) in [6, 6.07) is 7.02. The monoisotopic (exact) mass is 230 g/mol. The van der Waals surface area contributed by atoms with Gasteiger partial charge in [-0.25, -0.2) is 0 Å². The number of nitrogens with two attached hydrogens (primary N) is 1. The van der Waals surface area contributed by atoms with Crippen LogP contribution in [0.15, 0.2) is 18.2 Å². The van der Waals surface area contributed by atoms with Crippen LogP contribution in [-0.4, -0.2) is 25.0 Å². The van der Waals surface area contributed by atoms with Crippen LogP contribution in [0.5, 0.6) is 0 Å². The van der Waals surface area contributed by atoms with Crippen molar-refractivity contribution in [3.8, 4) is 6.07 Å². The van der Waals surface area contributed by atoms with E-state index in [9.17, 15) is 4.79 Å². The highest BCUT2D eigenvalue weighted by atomic mass is 16.2. The molecule has 5 heteroatoms. The first-order valence-electron chi connectivity index (χ1n) is 5.47. The second-order valence-electron chi connectivity index (χ2n) is 4.05. The molecule has 1 amide bonds. The lowest BCUT2D eigenvalue weighted by Crippen LogP contribution is -2.54. The maximum absolute atomic E-state index is 11.6. The van der Waals surface area contributed by atoms with Gasteiger partial charge in [-0.2, -0.15) is 5.26 Å². The predicted molar refractivity (Wildman–Crippen MR) is 65.4 cm³/mol. The Kier molecular flexibility index (Phi) is 2.88. The summed E-state index contributed by atoms with van der Waals surface area (Å²) >= 11 is 0. The highest BCUT2D eigenvalue weighted by Crippen LogP contribution is 2.25. The summed E-state index contributed by atoms with van der Waals surface area (Å²) in [5.74, 6) is -0.0167. The van der Waals surface area contributed by atoms with Crippen molar-refractivity contribution in [3.05, 3.63) is 23.8 Å². The Morgan fingerprint density at radius 3 is 3.06 bits per heavy atom. The van der Waals surface area contributed by atoms with Crippen LogP contribution in [0.4, 0.5) is 11.4 Å². The van der Waals surface area contributed by atoms with Crippen LogP contribution >= 0.6 is 0 Å². The Balaban J connectivity index is 2.40. The van der Waals surface area contributed by atoms with Gasteiger partial charge < -0.3 is 16.0 Å². The van der Waals surface area contributed by atoms with Gasteiger partial charge >= 0.3 is 0 Å². The van der Waals surface area contributed by atoms with Crippen LogP contribution in [0.2, 0.25) is 0 Å². The van der Waals surface area contributed by atoms with E-state index in [1.54, 1.807) is 18.2 Å². The lowest BCUT2D eigenvalue weighted by Gasteiger charge is -2.35. The van der Waals surface area contributed by atoms with Crippen LogP contribution < -0.4 is 16.0 Å². The van der Waals surface area contributed by atoms with E-state index in [1.165, 1.54) is 0 Å². The first kappa shape index (κ1) is 11.3. The summed E-state index contributed by atoms with van der Waals surface area (Å²) in [4.78, 5) is 13.5. The fourth-order valence-electron chi connectivity index (χ4n) is 2.01. The molecule has 0 spiro atoms. The number of hydrogen-bond acceptors (Lipinski definition) is 4. The molecule has 1 saturated heterocycles. The number of nitrogen functional groups attached to an aromatic ring is 1. The highest BCUT2D eigenvalue weighted by Gasteiger charge is 2.26. The molecule has 1 atom stereocenters. The Labute approximate surface area is 99.8 Å². The van der Waals surface area contributed by atoms with E-state index in [1.807, 2.05) is 11.8 Å². The van der Waals surface area contributed by atoms with Crippen LogP contribution in [0, 0.1) is 11.3 Å². The number of nitriles is 1. The van der Waals surface area contributed by atoms with E-state index in [2.05, 4.69) is 11.4 Å². The van der Waals surface area contributed by atoms with Gasteiger partial charge in [-0.05, 0) is 25.1 Å². The molecule has 1 aromatic carbocycles. The normalized spacial score (nSPS) is 19.6. The van der Waals surface area contributed by atoms with Crippen LogP contribution in [0.25, 0.3) is 0 Å². The van der Waals surface area contributed by atoms with E-state index in [0.717, 1.165) is 5.69 Å². The molecule has 1 aliphatic heterocycles. The van der Waals surface area contributed by atoms with Gasteiger partial charge in [-0.3, -0.25) is 4.79 Å². The molecule has 1 heterocycles. The van der Waals surface area contributed by atoms with E-state index >= 15 is 0 Å². The van der Waals surface area contributed by atoms with Gasteiger partial charge in [-0.15, -0.1) is 0 Å². The average molecular weight is 230 g/mol. The quantitative estimate of drug-likeness (QED) is 0.687. The number of amides is 1. The number of benzene rings is 1. The molecule has 5 nitrogen and oxygen atoms in total. The lowest BCUT2D eigenvalue weighted by atomic mass is 10.1. The van der Waals surface area contributed by atoms with Gasteiger partial charge in [0.2, 0.25) is 5.91 Å². The molecule has 17 heavy (non-hydrogen) atoms. The summed E-state index contributed by atoms with van der Waals surface area (Å²) in [5.41, 5.74) is 7.47. The minimum absolute atomic E-state index is 0.0167. The lowest BCUT2D eigenvalue weighted by molar-refractivity contribution is -0.122. The summed E-state index contributed by atoms with van der Waals surface area (Å²) in [5, 5.41) is 11.9. The second kappa shape index (κ2) is 4.34. The minimum Gasteiger partial charge on any atom is -0.399 e. The molecule has 0 bridgehead atoms. The molecule has 0 saturated carbocycles. The SMILES string of the molecule is CC1C(=O)NCCN1c1ccc(N)cc1C#N. The smallest absolute Gasteiger partial charge is 0.242 e. The Morgan fingerprint density at radius 2 is 2.35 bits per heavy atom. The third-order valence-corrected chi connectivity index (χ3v) is 2.95. The zero-order valence-corrected chi connectivity index (χ0v) is 9.60. The number of anilines is 2. The number of hydrogen-bond donors (Lipinski definition) is 2. The molecule has 1 aromatic rings. The van der Waals surface area contributed by atoms with Gasteiger partial charge in [0.15, 0.2) is 0 Å².